The van der Waals surface area contributed by atoms with E-state index in [9.17, 15) is 31.6 Å². The van der Waals surface area contributed by atoms with Crippen LogP contribution in [0.25, 0.3) is 174 Å². The molecule has 0 amide bonds. The van der Waals surface area contributed by atoms with Crippen LogP contribution >= 0.6 is 0 Å². The van der Waals surface area contributed by atoms with E-state index in [-0.39, 0.29) is 135 Å². The van der Waals surface area contributed by atoms with Crippen molar-refractivity contribution in [1.29, 1.82) is 31.6 Å². The first-order valence-electron chi connectivity index (χ1n) is 32.4. The molecule has 0 saturated carbocycles. The Morgan fingerprint density at radius 3 is 1.08 bits per heavy atom. The van der Waals surface area contributed by atoms with Gasteiger partial charge in [0.2, 0.25) is 0 Å². The van der Waals surface area contributed by atoms with Crippen molar-refractivity contribution in [2.75, 3.05) is 0 Å². The van der Waals surface area contributed by atoms with E-state index in [4.69, 9.17) is 54.4 Å². The minimum absolute atomic E-state index is 0.00334. The van der Waals surface area contributed by atoms with Crippen LogP contribution in [-0.2, 0) is 6.18 Å². The van der Waals surface area contributed by atoms with Gasteiger partial charge >= 0.3 is 6.18 Å². The standard InChI is InChI=1S/C88H36F3N17/c1-98-62-31-58(45-94)81(59(32-62)46-95)52-17-24-76-68(35-52)69-36-54(83-60(47-96)33-63(99-2)40-74(83)102-5)18-25-77(69)107(76)65-22-23-72(88(89,90)91)66(42-65)67-39-56(87-105-85(50-13-9-7-10-14-50)104-86(106-87)51-15-11-8-12-16-51)21-28-78(67)108-79-26-19-53(82-57(44-93)29-49(43-92)30-73(82)101-4)37-70(79)71-38-55(20-27-80(71)108)84-61(48-97)34-64(100-3)41-75(84)103-6/h7-42H. The zero-order valence-electron chi connectivity index (χ0n) is 55.5. The van der Waals surface area contributed by atoms with Crippen molar-refractivity contribution in [2.45, 2.75) is 6.18 Å². The van der Waals surface area contributed by atoms with Gasteiger partial charge in [-0.25, -0.2) is 44.0 Å². The first kappa shape index (κ1) is 66.8. The Labute approximate surface area is 612 Å². The molecule has 12 aromatic carbocycles. The van der Waals surface area contributed by atoms with Crippen LogP contribution in [-0.4, -0.2) is 24.1 Å². The van der Waals surface area contributed by atoms with Crippen LogP contribution in [0.2, 0.25) is 0 Å². The molecular formula is C88H36F3N17. The summed E-state index contributed by atoms with van der Waals surface area (Å²) in [5.41, 5.74) is 4.51. The quantitative estimate of drug-likeness (QED) is 0.119. The summed E-state index contributed by atoms with van der Waals surface area (Å²) in [5, 5.41) is 64.7. The second kappa shape index (κ2) is 26.8. The van der Waals surface area contributed by atoms with Crippen LogP contribution in [0.5, 0.6) is 0 Å². The molecule has 0 fully saturated rings. The number of fused-ring (bicyclic) bond motifs is 6. The molecule has 20 heteroatoms. The largest absolute Gasteiger partial charge is 0.417 e. The first-order valence-corrected chi connectivity index (χ1v) is 32.4. The topological polar surface area (TPSA) is 217 Å². The zero-order chi connectivity index (χ0) is 75.2. The number of nitriles is 6. The van der Waals surface area contributed by atoms with Gasteiger partial charge in [0.15, 0.2) is 51.6 Å². The molecule has 3 heterocycles. The molecule has 0 N–H and O–H groups in total. The van der Waals surface area contributed by atoms with Crippen molar-refractivity contribution in [3.05, 3.63) is 326 Å². The van der Waals surface area contributed by atoms with Crippen molar-refractivity contribution >= 4 is 77.7 Å². The van der Waals surface area contributed by atoms with E-state index < -0.39 is 11.7 Å². The summed E-state index contributed by atoms with van der Waals surface area (Å²) in [5.74, 6) is 0.591. The molecule has 0 atom stereocenters. The molecule has 494 valence electrons. The Bertz CT molecular complexity index is 6580. The Kier molecular flexibility index (Phi) is 16.6. The fourth-order valence-electron chi connectivity index (χ4n) is 14.0. The highest BCUT2D eigenvalue weighted by Gasteiger charge is 2.36. The van der Waals surface area contributed by atoms with Crippen LogP contribution in [0.1, 0.15) is 38.9 Å². The molecule has 0 radical (unpaired) electrons. The summed E-state index contributed by atoms with van der Waals surface area (Å²) in [4.78, 5) is 36.7. The number of hydrogen-bond donors (Lipinski definition) is 0. The van der Waals surface area contributed by atoms with E-state index in [1.54, 1.807) is 100 Å². The van der Waals surface area contributed by atoms with Crippen LogP contribution in [0.3, 0.4) is 0 Å². The Hall–Kier alpha value is -17.1. The third kappa shape index (κ3) is 11.3. The fraction of sp³-hybridized carbons (Fsp3) is 0.0114. The van der Waals surface area contributed by atoms with Gasteiger partial charge in [0.25, 0.3) is 0 Å². The molecule has 15 aromatic rings. The van der Waals surface area contributed by atoms with Gasteiger partial charge in [-0.05, 0) is 149 Å². The highest BCUT2D eigenvalue weighted by atomic mass is 19.4. The van der Waals surface area contributed by atoms with Crippen molar-refractivity contribution in [1.82, 2.24) is 24.1 Å². The molecule has 108 heavy (non-hydrogen) atoms. The van der Waals surface area contributed by atoms with E-state index >= 15 is 13.2 Å². The van der Waals surface area contributed by atoms with Crippen LogP contribution < -0.4 is 0 Å². The lowest BCUT2D eigenvalue weighted by molar-refractivity contribution is -0.137. The van der Waals surface area contributed by atoms with Gasteiger partial charge in [-0.15, -0.1) is 0 Å². The minimum Gasteiger partial charge on any atom is -0.309 e. The number of hydrogen-bond acceptors (Lipinski definition) is 9. The van der Waals surface area contributed by atoms with Crippen molar-refractivity contribution in [3.63, 3.8) is 0 Å². The predicted molar refractivity (Wildman–Crippen MR) is 403 cm³/mol. The van der Waals surface area contributed by atoms with Crippen LogP contribution in [0.15, 0.2) is 218 Å². The summed E-state index contributed by atoms with van der Waals surface area (Å²) in [7, 11) is 0. The van der Waals surface area contributed by atoms with Crippen molar-refractivity contribution in [3.8, 4) is 138 Å². The average molecular weight is 1390 g/mol. The smallest absolute Gasteiger partial charge is 0.309 e. The van der Waals surface area contributed by atoms with E-state index in [2.05, 4.69) is 59.4 Å². The zero-order valence-corrected chi connectivity index (χ0v) is 55.5. The number of nitrogens with zero attached hydrogens (tertiary/aromatic N) is 17. The predicted octanol–water partition coefficient (Wildman–Crippen LogP) is 23.0. The summed E-state index contributed by atoms with van der Waals surface area (Å²) in [6, 6.07) is 70.9. The van der Waals surface area contributed by atoms with Gasteiger partial charge < -0.3 is 9.13 Å². The average Bonchev–Trinajstić information content (AvgIpc) is 1.56. The van der Waals surface area contributed by atoms with Gasteiger partial charge in [-0.2, -0.15) is 44.7 Å². The van der Waals surface area contributed by atoms with Gasteiger partial charge in [0, 0.05) is 88.4 Å². The number of alkyl halides is 3. The molecule has 0 bridgehead atoms. The van der Waals surface area contributed by atoms with E-state index in [1.165, 1.54) is 60.7 Å². The van der Waals surface area contributed by atoms with Crippen molar-refractivity contribution < 1.29 is 13.2 Å². The van der Waals surface area contributed by atoms with Crippen LogP contribution in [0.4, 0.5) is 47.3 Å². The highest BCUT2D eigenvalue weighted by molar-refractivity contribution is 6.15. The number of aromatic nitrogens is 5. The third-order valence-corrected chi connectivity index (χ3v) is 18.7. The summed E-state index contributed by atoms with van der Waals surface area (Å²) in [6.45, 7) is 48.0. The Balaban J connectivity index is 1.06. The maximum absolute atomic E-state index is 16.8. The lowest BCUT2D eigenvalue weighted by atomic mass is 9.93. The van der Waals surface area contributed by atoms with Gasteiger partial charge in [-0.1, -0.05) is 97.1 Å². The van der Waals surface area contributed by atoms with Crippen molar-refractivity contribution in [2.24, 2.45) is 0 Å². The molecular weight excluding hydrogens is 1350 g/mol. The van der Waals surface area contributed by atoms with Gasteiger partial charge in [0.1, 0.15) is 0 Å². The maximum Gasteiger partial charge on any atom is 0.417 e. The normalized spacial score (nSPS) is 10.8. The number of rotatable bonds is 10. The van der Waals surface area contributed by atoms with E-state index in [0.717, 1.165) is 6.07 Å². The molecule has 0 aliphatic heterocycles. The van der Waals surface area contributed by atoms with E-state index in [0.29, 0.717) is 77.0 Å². The summed E-state index contributed by atoms with van der Waals surface area (Å²) >= 11 is 0. The Morgan fingerprint density at radius 2 is 0.685 bits per heavy atom. The summed E-state index contributed by atoms with van der Waals surface area (Å²) < 4.78 is 54.0. The molecule has 15 rings (SSSR count). The number of benzene rings is 12. The third-order valence-electron chi connectivity index (χ3n) is 18.7. The molecule has 0 saturated heterocycles. The first-order chi connectivity index (χ1) is 52.6. The second-order valence-electron chi connectivity index (χ2n) is 24.5. The lowest BCUT2D eigenvalue weighted by Gasteiger charge is -2.21. The van der Waals surface area contributed by atoms with E-state index in [1.807, 2.05) is 66.7 Å². The van der Waals surface area contributed by atoms with Crippen LogP contribution in [0, 0.1) is 107 Å². The molecule has 0 unspecified atom stereocenters. The SMILES string of the molecule is [C-]#[N+]c1cc(C#N)c(-c2ccc3c(c2)c2cc(-c4c(C#N)cc([N+]#[C-])cc4[N+]#[C-])ccc2n3-c2ccc(C(F)(F)F)c(-c3cc(-c4nc(-c5ccccc5)nc(-c5ccccc5)n4)ccc3-n3c4ccc(-c5c(C#N)cc(C#N)cc5[N+]#[C-])cc4c4cc(-c5c(C#N)cc([N+]#[C-])cc5[N+]#[C-])ccc43)c2)c(C#N)c1. The molecule has 0 aliphatic rings. The molecule has 0 aliphatic carbocycles. The summed E-state index contributed by atoms with van der Waals surface area (Å²) in [6.07, 6.45) is -5.09. The minimum atomic E-state index is -5.09. The molecule has 0 spiro atoms. The van der Waals surface area contributed by atoms with Gasteiger partial charge in [0.05, 0.1) is 126 Å². The second-order valence-corrected chi connectivity index (χ2v) is 24.5. The monoisotopic (exact) mass is 1390 g/mol. The maximum atomic E-state index is 16.8. The lowest BCUT2D eigenvalue weighted by Crippen LogP contribution is -2.10. The Morgan fingerprint density at radius 1 is 0.315 bits per heavy atom. The number of halogens is 3. The highest BCUT2D eigenvalue weighted by Crippen LogP contribution is 2.50. The molecule has 17 nitrogen and oxygen atoms in total. The van der Waals surface area contributed by atoms with Gasteiger partial charge in [-0.3, -0.25) is 0 Å². The molecule has 3 aromatic heterocycles. The fourth-order valence-corrected chi connectivity index (χ4v) is 14.0.